The van der Waals surface area contributed by atoms with Gasteiger partial charge in [-0.05, 0) is 24.3 Å². The Kier molecular flexibility index (Phi) is 4.36. The maximum atomic E-state index is 12.1. The monoisotopic (exact) mass is 278 g/mol. The van der Waals surface area contributed by atoms with Gasteiger partial charge in [0.25, 0.3) is 12.3 Å². The van der Waals surface area contributed by atoms with E-state index in [0.29, 0.717) is 0 Å². The summed E-state index contributed by atoms with van der Waals surface area (Å²) in [5.74, 6) is -0.615. The maximum Gasteiger partial charge on any atom is 0.255 e. The van der Waals surface area contributed by atoms with Crippen molar-refractivity contribution >= 4 is 15.9 Å². The van der Waals surface area contributed by atoms with E-state index in [1.165, 1.54) is 19.2 Å². The zero-order valence-corrected chi connectivity index (χ0v) is 10.3. The van der Waals surface area contributed by atoms with Crippen LogP contribution in [0.1, 0.15) is 10.4 Å². The topological polar surface area (TPSA) is 80.5 Å². The van der Waals surface area contributed by atoms with Crippen molar-refractivity contribution in [3.05, 3.63) is 29.8 Å². The lowest BCUT2D eigenvalue weighted by atomic mass is 10.2. The molecule has 0 heterocycles. The Balaban J connectivity index is 2.89. The van der Waals surface area contributed by atoms with Gasteiger partial charge in [-0.15, -0.1) is 0 Å². The van der Waals surface area contributed by atoms with Gasteiger partial charge in [0.1, 0.15) is 0 Å². The third kappa shape index (κ3) is 3.74. The number of nitrogens with zero attached hydrogens (tertiary/aromatic N) is 1. The number of nitrogens with two attached hydrogens (primary N) is 1. The number of carbonyl (C=O) groups is 1. The molecule has 100 valence electrons. The van der Waals surface area contributed by atoms with E-state index in [1.807, 2.05) is 0 Å². The fourth-order valence-corrected chi connectivity index (χ4v) is 1.81. The van der Waals surface area contributed by atoms with Crippen LogP contribution in [-0.4, -0.2) is 39.2 Å². The number of sulfonamides is 1. The zero-order chi connectivity index (χ0) is 13.9. The Morgan fingerprint density at radius 1 is 1.33 bits per heavy atom. The van der Waals surface area contributed by atoms with Crippen molar-refractivity contribution in [1.82, 2.24) is 4.90 Å². The normalized spacial score (nSPS) is 11.6. The number of alkyl halides is 2. The van der Waals surface area contributed by atoms with Gasteiger partial charge in [-0.1, -0.05) is 0 Å². The Labute approximate surface area is 103 Å². The lowest BCUT2D eigenvalue weighted by Gasteiger charge is -2.16. The maximum absolute atomic E-state index is 12.1. The summed E-state index contributed by atoms with van der Waals surface area (Å²) in [7, 11) is -2.59. The molecule has 1 amide bonds. The first-order valence-corrected chi connectivity index (χ1v) is 6.43. The summed E-state index contributed by atoms with van der Waals surface area (Å²) in [6.07, 6.45) is -2.62. The minimum absolute atomic E-state index is 0.116. The van der Waals surface area contributed by atoms with E-state index in [0.717, 1.165) is 17.0 Å². The van der Waals surface area contributed by atoms with Gasteiger partial charge in [0.05, 0.1) is 11.4 Å². The molecule has 1 rings (SSSR count). The summed E-state index contributed by atoms with van der Waals surface area (Å²) in [5.41, 5.74) is 0.116. The van der Waals surface area contributed by atoms with E-state index in [4.69, 9.17) is 5.14 Å². The molecule has 0 aliphatic heterocycles. The first-order chi connectivity index (χ1) is 8.21. The van der Waals surface area contributed by atoms with Crippen molar-refractivity contribution in [2.45, 2.75) is 11.3 Å². The minimum atomic E-state index is -3.83. The van der Waals surface area contributed by atoms with E-state index in [-0.39, 0.29) is 10.5 Å². The molecule has 18 heavy (non-hydrogen) atoms. The lowest BCUT2D eigenvalue weighted by molar-refractivity contribution is 0.0620. The number of amides is 1. The van der Waals surface area contributed by atoms with Crippen LogP contribution in [-0.2, 0) is 10.0 Å². The second-order valence-corrected chi connectivity index (χ2v) is 5.21. The first kappa shape index (κ1) is 14.5. The largest absolute Gasteiger partial charge is 0.336 e. The highest BCUT2D eigenvalue weighted by Gasteiger charge is 2.16. The molecule has 5 nitrogen and oxygen atoms in total. The van der Waals surface area contributed by atoms with E-state index < -0.39 is 28.9 Å². The smallest absolute Gasteiger partial charge is 0.255 e. The Hall–Kier alpha value is -1.54. The molecular formula is C10H12F2N2O3S. The predicted molar refractivity (Wildman–Crippen MR) is 60.8 cm³/mol. The summed E-state index contributed by atoms with van der Waals surface area (Å²) in [6, 6.07) is 4.76. The molecule has 1 aromatic rings. The molecule has 0 saturated carbocycles. The zero-order valence-electron chi connectivity index (χ0n) is 9.51. The third-order valence-corrected chi connectivity index (χ3v) is 3.12. The summed E-state index contributed by atoms with van der Waals surface area (Å²) in [6.45, 7) is -0.685. The molecule has 0 unspecified atom stereocenters. The van der Waals surface area contributed by atoms with Gasteiger partial charge >= 0.3 is 0 Å². The first-order valence-electron chi connectivity index (χ1n) is 4.88. The van der Waals surface area contributed by atoms with Crippen LogP contribution in [0, 0.1) is 0 Å². The average molecular weight is 278 g/mol. The quantitative estimate of drug-likeness (QED) is 0.879. The Morgan fingerprint density at radius 3 is 2.22 bits per heavy atom. The second kappa shape index (κ2) is 5.40. The highest BCUT2D eigenvalue weighted by atomic mass is 32.2. The summed E-state index contributed by atoms with van der Waals surface area (Å²) < 4.78 is 46.1. The number of hydrogen-bond acceptors (Lipinski definition) is 3. The van der Waals surface area contributed by atoms with Gasteiger partial charge in [0, 0.05) is 12.6 Å². The van der Waals surface area contributed by atoms with Crippen molar-refractivity contribution in [3.63, 3.8) is 0 Å². The van der Waals surface area contributed by atoms with Crippen molar-refractivity contribution in [2.24, 2.45) is 5.14 Å². The van der Waals surface area contributed by atoms with Gasteiger partial charge in [0.15, 0.2) is 0 Å². The number of carbonyl (C=O) groups excluding carboxylic acids is 1. The fraction of sp³-hybridized carbons (Fsp3) is 0.300. The molecule has 0 spiro atoms. The van der Waals surface area contributed by atoms with Crippen LogP contribution in [0.25, 0.3) is 0 Å². The van der Waals surface area contributed by atoms with E-state index >= 15 is 0 Å². The van der Waals surface area contributed by atoms with E-state index in [9.17, 15) is 22.0 Å². The number of primary sulfonamides is 1. The fourth-order valence-electron chi connectivity index (χ4n) is 1.30. The van der Waals surface area contributed by atoms with Crippen LogP contribution in [0.2, 0.25) is 0 Å². The Bertz CT molecular complexity index is 529. The Morgan fingerprint density at radius 2 is 1.83 bits per heavy atom. The van der Waals surface area contributed by atoms with Gasteiger partial charge in [-0.25, -0.2) is 22.3 Å². The molecule has 0 atom stereocenters. The van der Waals surface area contributed by atoms with E-state index in [2.05, 4.69) is 0 Å². The second-order valence-electron chi connectivity index (χ2n) is 3.65. The molecule has 1 aromatic carbocycles. The van der Waals surface area contributed by atoms with Crippen molar-refractivity contribution in [3.8, 4) is 0 Å². The molecule has 0 aliphatic rings. The van der Waals surface area contributed by atoms with Crippen LogP contribution in [0.3, 0.4) is 0 Å². The highest BCUT2D eigenvalue weighted by molar-refractivity contribution is 7.89. The lowest BCUT2D eigenvalue weighted by Crippen LogP contribution is -2.31. The van der Waals surface area contributed by atoms with Crippen LogP contribution < -0.4 is 5.14 Å². The van der Waals surface area contributed by atoms with Crippen LogP contribution >= 0.6 is 0 Å². The molecule has 2 N–H and O–H groups in total. The minimum Gasteiger partial charge on any atom is -0.336 e. The molecule has 8 heteroatoms. The summed E-state index contributed by atoms with van der Waals surface area (Å²) in [4.78, 5) is 12.4. The van der Waals surface area contributed by atoms with Crippen LogP contribution in [0.4, 0.5) is 8.78 Å². The average Bonchev–Trinajstić information content (AvgIpc) is 2.26. The van der Waals surface area contributed by atoms with Crippen molar-refractivity contribution < 1.29 is 22.0 Å². The third-order valence-electron chi connectivity index (χ3n) is 2.19. The number of benzene rings is 1. The SMILES string of the molecule is CN(CC(F)F)C(=O)c1ccc(S(N)(=O)=O)cc1. The molecular weight excluding hydrogens is 266 g/mol. The standard InChI is InChI=1S/C10H12F2N2O3S/c1-14(6-9(11)12)10(15)7-2-4-8(5-3-7)18(13,16)17/h2-5,9H,6H2,1H3,(H2,13,16,17). The van der Waals surface area contributed by atoms with Gasteiger partial charge in [-0.3, -0.25) is 4.79 Å². The van der Waals surface area contributed by atoms with Crippen molar-refractivity contribution in [1.29, 1.82) is 0 Å². The van der Waals surface area contributed by atoms with Gasteiger partial charge < -0.3 is 4.90 Å². The number of hydrogen-bond donors (Lipinski definition) is 1. The van der Waals surface area contributed by atoms with Crippen molar-refractivity contribution in [2.75, 3.05) is 13.6 Å². The summed E-state index contributed by atoms with van der Waals surface area (Å²) >= 11 is 0. The molecule has 0 fully saturated rings. The molecule has 0 aromatic heterocycles. The van der Waals surface area contributed by atoms with E-state index in [1.54, 1.807) is 0 Å². The van der Waals surface area contributed by atoms with Gasteiger partial charge in [-0.2, -0.15) is 0 Å². The summed E-state index contributed by atoms with van der Waals surface area (Å²) in [5, 5.41) is 4.89. The molecule has 0 bridgehead atoms. The van der Waals surface area contributed by atoms with Gasteiger partial charge in [0.2, 0.25) is 10.0 Å². The molecule has 0 saturated heterocycles. The molecule has 0 aliphatic carbocycles. The van der Waals surface area contributed by atoms with Crippen LogP contribution in [0.5, 0.6) is 0 Å². The number of rotatable bonds is 4. The van der Waals surface area contributed by atoms with Crippen LogP contribution in [0.15, 0.2) is 29.2 Å². The molecule has 0 radical (unpaired) electrons. The number of halogens is 2. The predicted octanol–water partition coefficient (Wildman–Crippen LogP) is 0.671. The highest BCUT2D eigenvalue weighted by Crippen LogP contribution is 2.11.